The fraction of sp³-hybridized carbons (Fsp3) is 0.250. The predicted octanol–water partition coefficient (Wildman–Crippen LogP) is 3.74. The summed E-state index contributed by atoms with van der Waals surface area (Å²) in [6.45, 7) is 2.25. The molecule has 8 heteroatoms. The standard InChI is InChI=1S/C20H23N2O5P/c1-2-10-28(24,25)27-26-16-8-9-19-17(11-16)18(20(23)12-21)14-22(19)13-15-6-4-3-5-7-15/h3-9,11,14H,2,10,12-13,21H2,1H3,(H,24,25). The van der Waals surface area contributed by atoms with Crippen LogP contribution in [-0.2, 0) is 15.8 Å². The average molecular weight is 402 g/mol. The summed E-state index contributed by atoms with van der Waals surface area (Å²) < 4.78 is 18.5. The van der Waals surface area contributed by atoms with E-state index in [2.05, 4.69) is 0 Å². The summed E-state index contributed by atoms with van der Waals surface area (Å²) in [5.74, 6) is 0.0371. The number of nitrogens with zero attached hydrogens (tertiary/aromatic N) is 1. The van der Waals surface area contributed by atoms with Crippen molar-refractivity contribution in [3.63, 3.8) is 0 Å². The Morgan fingerprint density at radius 1 is 1.21 bits per heavy atom. The molecule has 2 aromatic carbocycles. The van der Waals surface area contributed by atoms with Gasteiger partial charge in [-0.25, -0.2) is 0 Å². The molecule has 1 heterocycles. The van der Waals surface area contributed by atoms with Crippen molar-refractivity contribution < 1.29 is 23.8 Å². The molecule has 0 aliphatic heterocycles. The first-order chi connectivity index (χ1) is 13.4. The molecule has 28 heavy (non-hydrogen) atoms. The zero-order valence-corrected chi connectivity index (χ0v) is 16.5. The lowest BCUT2D eigenvalue weighted by molar-refractivity contribution is -0.108. The van der Waals surface area contributed by atoms with Gasteiger partial charge in [-0.3, -0.25) is 9.36 Å². The molecule has 0 saturated heterocycles. The number of carbonyl (C=O) groups excluding carboxylic acids is 1. The molecule has 1 atom stereocenters. The first kappa shape index (κ1) is 20.3. The third-order valence-corrected chi connectivity index (χ3v) is 5.61. The highest BCUT2D eigenvalue weighted by Gasteiger charge is 2.21. The normalized spacial score (nSPS) is 13.4. The Hall–Kier alpha value is -2.44. The molecule has 0 bridgehead atoms. The SMILES string of the molecule is CCCP(=O)(O)OOc1ccc2c(c1)c(C(=O)CN)cn2Cc1ccccc1. The maximum atomic E-state index is 12.3. The van der Waals surface area contributed by atoms with Crippen molar-refractivity contribution in [2.75, 3.05) is 12.7 Å². The van der Waals surface area contributed by atoms with Crippen LogP contribution >= 0.6 is 7.60 Å². The van der Waals surface area contributed by atoms with Crippen LogP contribution in [-0.4, -0.2) is 28.0 Å². The Balaban J connectivity index is 1.94. The molecule has 1 aromatic heterocycles. The van der Waals surface area contributed by atoms with E-state index in [0.717, 1.165) is 11.1 Å². The molecule has 7 nitrogen and oxygen atoms in total. The van der Waals surface area contributed by atoms with Crippen LogP contribution in [0.25, 0.3) is 10.9 Å². The van der Waals surface area contributed by atoms with Gasteiger partial charge in [-0.15, -0.1) is 0 Å². The van der Waals surface area contributed by atoms with Gasteiger partial charge in [0.2, 0.25) is 0 Å². The quantitative estimate of drug-likeness (QED) is 0.245. The van der Waals surface area contributed by atoms with Gasteiger partial charge in [0.25, 0.3) is 0 Å². The van der Waals surface area contributed by atoms with E-state index in [1.807, 2.05) is 34.9 Å². The van der Waals surface area contributed by atoms with E-state index in [0.29, 0.717) is 23.9 Å². The van der Waals surface area contributed by atoms with Crippen molar-refractivity contribution in [1.29, 1.82) is 0 Å². The smallest absolute Gasteiger partial charge is 0.342 e. The molecular weight excluding hydrogens is 379 g/mol. The molecule has 0 fully saturated rings. The fourth-order valence-corrected chi connectivity index (χ4v) is 3.83. The molecule has 0 amide bonds. The van der Waals surface area contributed by atoms with Gasteiger partial charge in [0, 0.05) is 29.2 Å². The Bertz CT molecular complexity index is 1020. The van der Waals surface area contributed by atoms with Gasteiger partial charge in [-0.05, 0) is 30.2 Å². The number of benzene rings is 2. The minimum absolute atomic E-state index is 0.000390. The molecule has 0 spiro atoms. The van der Waals surface area contributed by atoms with Gasteiger partial charge in [0.15, 0.2) is 11.5 Å². The van der Waals surface area contributed by atoms with Crippen molar-refractivity contribution in [1.82, 2.24) is 4.57 Å². The number of aromatic nitrogens is 1. The third kappa shape index (κ3) is 4.69. The second-order valence-electron chi connectivity index (χ2n) is 6.48. The van der Waals surface area contributed by atoms with Gasteiger partial charge in [0.05, 0.1) is 12.7 Å². The number of fused-ring (bicyclic) bond motifs is 1. The van der Waals surface area contributed by atoms with Crippen LogP contribution in [0, 0.1) is 0 Å². The van der Waals surface area contributed by atoms with Gasteiger partial charge >= 0.3 is 7.60 Å². The highest BCUT2D eigenvalue weighted by Crippen LogP contribution is 2.43. The van der Waals surface area contributed by atoms with Gasteiger partial charge in [0.1, 0.15) is 0 Å². The monoisotopic (exact) mass is 402 g/mol. The predicted molar refractivity (Wildman–Crippen MR) is 108 cm³/mol. The molecule has 0 saturated carbocycles. The number of nitrogens with two attached hydrogens (primary N) is 1. The molecule has 0 aliphatic carbocycles. The highest BCUT2D eigenvalue weighted by atomic mass is 31.2. The largest absolute Gasteiger partial charge is 0.366 e. The summed E-state index contributed by atoms with van der Waals surface area (Å²) in [5, 5.41) is 0.649. The van der Waals surface area contributed by atoms with Crippen molar-refractivity contribution in [3.8, 4) is 5.75 Å². The Labute approximate surface area is 163 Å². The zero-order valence-electron chi connectivity index (χ0n) is 15.6. The van der Waals surface area contributed by atoms with Crippen LogP contribution in [0.5, 0.6) is 5.75 Å². The lowest BCUT2D eigenvalue weighted by Gasteiger charge is -2.11. The van der Waals surface area contributed by atoms with Crippen LogP contribution in [0.2, 0.25) is 0 Å². The van der Waals surface area contributed by atoms with E-state index in [1.165, 1.54) is 0 Å². The highest BCUT2D eigenvalue weighted by molar-refractivity contribution is 7.52. The van der Waals surface area contributed by atoms with E-state index in [-0.39, 0.29) is 24.2 Å². The first-order valence-corrected chi connectivity index (χ1v) is 10.8. The molecule has 3 N–H and O–H groups in total. The van der Waals surface area contributed by atoms with Crippen LogP contribution in [0.3, 0.4) is 0 Å². The Morgan fingerprint density at radius 3 is 2.64 bits per heavy atom. The molecule has 0 aliphatic rings. The lowest BCUT2D eigenvalue weighted by atomic mass is 10.1. The number of carbonyl (C=O) groups is 1. The summed E-state index contributed by atoms with van der Waals surface area (Å²) in [6, 6.07) is 14.9. The third-order valence-electron chi connectivity index (χ3n) is 4.29. The Kier molecular flexibility index (Phi) is 6.31. The summed E-state index contributed by atoms with van der Waals surface area (Å²) in [5.41, 5.74) is 7.95. The van der Waals surface area contributed by atoms with Crippen LogP contribution in [0.4, 0.5) is 0 Å². The van der Waals surface area contributed by atoms with E-state index < -0.39 is 7.60 Å². The van der Waals surface area contributed by atoms with Crippen molar-refractivity contribution in [2.45, 2.75) is 19.9 Å². The van der Waals surface area contributed by atoms with Crippen molar-refractivity contribution in [2.24, 2.45) is 5.73 Å². The summed E-state index contributed by atoms with van der Waals surface area (Å²) in [4.78, 5) is 27.0. The average Bonchev–Trinajstić information content (AvgIpc) is 3.04. The van der Waals surface area contributed by atoms with Gasteiger partial charge < -0.3 is 20.1 Å². The number of Topliss-reactive ketones (excluding diaryl/α,β-unsaturated/α-hetero) is 1. The zero-order chi connectivity index (χ0) is 20.1. The summed E-state index contributed by atoms with van der Waals surface area (Å²) >= 11 is 0. The lowest BCUT2D eigenvalue weighted by Crippen LogP contribution is -2.13. The number of ketones is 1. The number of hydrogen-bond donors (Lipinski definition) is 2. The molecular formula is C20H23N2O5P. The van der Waals surface area contributed by atoms with Crippen molar-refractivity contribution in [3.05, 3.63) is 65.9 Å². The summed E-state index contributed by atoms with van der Waals surface area (Å²) in [6.07, 6.45) is 2.26. The second kappa shape index (κ2) is 8.71. The minimum atomic E-state index is -3.81. The van der Waals surface area contributed by atoms with E-state index >= 15 is 0 Å². The van der Waals surface area contributed by atoms with Crippen LogP contribution < -0.4 is 10.6 Å². The molecule has 148 valence electrons. The second-order valence-corrected chi connectivity index (χ2v) is 8.35. The van der Waals surface area contributed by atoms with E-state index in [1.54, 1.807) is 31.3 Å². The fourth-order valence-electron chi connectivity index (χ4n) is 2.99. The van der Waals surface area contributed by atoms with E-state index in [4.69, 9.17) is 15.3 Å². The molecule has 1 unspecified atom stereocenters. The summed E-state index contributed by atoms with van der Waals surface area (Å²) in [7, 11) is -3.81. The molecule has 3 aromatic rings. The number of rotatable bonds is 9. The van der Waals surface area contributed by atoms with Crippen LogP contribution in [0.15, 0.2) is 54.7 Å². The maximum Gasteiger partial charge on any atom is 0.366 e. The maximum absolute atomic E-state index is 12.3. The topological polar surface area (TPSA) is 104 Å². The van der Waals surface area contributed by atoms with Crippen molar-refractivity contribution >= 4 is 24.3 Å². The van der Waals surface area contributed by atoms with Gasteiger partial charge in [-0.1, -0.05) is 41.9 Å². The van der Waals surface area contributed by atoms with E-state index in [9.17, 15) is 14.3 Å². The molecule has 3 rings (SSSR count). The number of hydrogen-bond acceptors (Lipinski definition) is 5. The van der Waals surface area contributed by atoms with Crippen LogP contribution in [0.1, 0.15) is 29.3 Å². The molecule has 0 radical (unpaired) electrons. The first-order valence-electron chi connectivity index (χ1n) is 9.01. The minimum Gasteiger partial charge on any atom is -0.342 e. The Morgan fingerprint density at radius 2 is 1.96 bits per heavy atom. The van der Waals surface area contributed by atoms with Gasteiger partial charge in [-0.2, -0.15) is 0 Å².